The van der Waals surface area contributed by atoms with Crippen LogP contribution in [0.3, 0.4) is 0 Å². The largest absolute Gasteiger partial charge is 0.504 e. The van der Waals surface area contributed by atoms with Crippen molar-refractivity contribution in [2.45, 2.75) is 19.9 Å². The lowest BCUT2D eigenvalue weighted by molar-refractivity contribution is 0.0999. The monoisotopic (exact) mass is 190 g/mol. The van der Waals surface area contributed by atoms with Crippen molar-refractivity contribution in [2.24, 2.45) is 0 Å². The summed E-state index contributed by atoms with van der Waals surface area (Å²) in [7, 11) is 0. The molecule has 1 aromatic heterocycles. The number of ketones is 1. The average Bonchev–Trinajstić information content (AvgIpc) is 2.29. The van der Waals surface area contributed by atoms with E-state index in [-0.39, 0.29) is 11.4 Å². The van der Waals surface area contributed by atoms with Gasteiger partial charge in [-0.3, -0.25) is 9.48 Å². The molecule has 0 unspecified atom stereocenters. The summed E-state index contributed by atoms with van der Waals surface area (Å²) in [5.41, 5.74) is -0.180. The van der Waals surface area contributed by atoms with Crippen molar-refractivity contribution in [3.05, 3.63) is 11.9 Å². The summed E-state index contributed by atoms with van der Waals surface area (Å²) in [6.45, 7) is 0.579. The van der Waals surface area contributed by atoms with E-state index in [2.05, 4.69) is 5.10 Å². The van der Waals surface area contributed by atoms with Crippen LogP contribution in [-0.4, -0.2) is 27.1 Å². The Bertz CT molecular complexity index is 322. The first kappa shape index (κ1) is 9.63. The second-order valence-corrected chi connectivity index (χ2v) is 2.53. The van der Waals surface area contributed by atoms with Gasteiger partial charge in [-0.05, 0) is 0 Å². The van der Waals surface area contributed by atoms with Gasteiger partial charge in [0.15, 0.2) is 17.2 Å². The molecule has 6 heteroatoms. The summed E-state index contributed by atoms with van der Waals surface area (Å²) in [4.78, 5) is 10.7. The molecule has 72 valence electrons. The van der Waals surface area contributed by atoms with E-state index >= 15 is 0 Å². The molecule has 0 aliphatic carbocycles. The fraction of sp³-hybridized carbons (Fsp3) is 0.429. The molecule has 1 N–H and O–H groups in total. The molecule has 1 aromatic rings. The molecule has 13 heavy (non-hydrogen) atoms. The van der Waals surface area contributed by atoms with Gasteiger partial charge in [0.25, 0.3) is 6.43 Å². The molecule has 0 radical (unpaired) electrons. The highest BCUT2D eigenvalue weighted by Gasteiger charge is 2.13. The van der Waals surface area contributed by atoms with Crippen molar-refractivity contribution in [1.29, 1.82) is 0 Å². The molecule has 0 atom stereocenters. The Hall–Kier alpha value is -1.46. The van der Waals surface area contributed by atoms with Gasteiger partial charge in [0.2, 0.25) is 0 Å². The standard InChI is InChI=1S/C7H8F2N2O2/c1-4(12)7-5(13)2-11(10-7)3-6(8)9/h2,6,13H,3H2,1H3. The minimum Gasteiger partial charge on any atom is -0.504 e. The summed E-state index contributed by atoms with van der Waals surface area (Å²) < 4.78 is 24.5. The number of nitrogens with zero attached hydrogens (tertiary/aromatic N) is 2. The van der Waals surface area contributed by atoms with E-state index in [0.29, 0.717) is 0 Å². The van der Waals surface area contributed by atoms with Crippen molar-refractivity contribution in [3.63, 3.8) is 0 Å². The molecule has 0 spiro atoms. The first-order valence-corrected chi connectivity index (χ1v) is 3.56. The van der Waals surface area contributed by atoms with Gasteiger partial charge in [0.1, 0.15) is 6.54 Å². The van der Waals surface area contributed by atoms with Crippen LogP contribution in [0.15, 0.2) is 6.20 Å². The summed E-state index contributed by atoms with van der Waals surface area (Å²) >= 11 is 0. The number of halogens is 2. The maximum atomic E-state index is 11.8. The van der Waals surface area contributed by atoms with E-state index in [1.807, 2.05) is 0 Å². The molecule has 0 fully saturated rings. The fourth-order valence-electron chi connectivity index (χ4n) is 0.897. The molecule has 1 rings (SSSR count). The Morgan fingerprint density at radius 1 is 1.77 bits per heavy atom. The third kappa shape index (κ3) is 2.24. The van der Waals surface area contributed by atoms with E-state index in [4.69, 9.17) is 5.11 Å². The lowest BCUT2D eigenvalue weighted by atomic mass is 10.3. The predicted molar refractivity (Wildman–Crippen MR) is 39.9 cm³/mol. The Kier molecular flexibility index (Phi) is 2.60. The van der Waals surface area contributed by atoms with E-state index in [1.165, 1.54) is 6.92 Å². The highest BCUT2D eigenvalue weighted by Crippen LogP contribution is 2.15. The topological polar surface area (TPSA) is 55.1 Å². The number of alkyl halides is 2. The first-order valence-electron chi connectivity index (χ1n) is 3.56. The Morgan fingerprint density at radius 2 is 2.38 bits per heavy atom. The fourth-order valence-corrected chi connectivity index (χ4v) is 0.897. The van der Waals surface area contributed by atoms with Gasteiger partial charge in [-0.1, -0.05) is 0 Å². The number of Topliss-reactive ketones (excluding diaryl/α,β-unsaturated/α-hetero) is 1. The first-order chi connectivity index (χ1) is 6.00. The Labute approximate surface area is 72.8 Å². The third-order valence-corrected chi connectivity index (χ3v) is 1.40. The number of carbonyl (C=O) groups is 1. The van der Waals surface area contributed by atoms with E-state index in [9.17, 15) is 13.6 Å². The maximum absolute atomic E-state index is 11.8. The number of rotatable bonds is 3. The third-order valence-electron chi connectivity index (χ3n) is 1.40. The van der Waals surface area contributed by atoms with Crippen LogP contribution in [0.25, 0.3) is 0 Å². The molecule has 0 aromatic carbocycles. The number of aromatic nitrogens is 2. The van der Waals surface area contributed by atoms with Gasteiger partial charge in [-0.25, -0.2) is 8.78 Å². The van der Waals surface area contributed by atoms with Crippen LogP contribution < -0.4 is 0 Å². The van der Waals surface area contributed by atoms with Gasteiger partial charge < -0.3 is 5.11 Å². The molecule has 0 amide bonds. The molecule has 0 bridgehead atoms. The van der Waals surface area contributed by atoms with Crippen molar-refractivity contribution >= 4 is 5.78 Å². The zero-order valence-corrected chi connectivity index (χ0v) is 6.87. The normalized spacial score (nSPS) is 10.8. The molecule has 0 saturated heterocycles. The second kappa shape index (κ2) is 3.51. The average molecular weight is 190 g/mol. The van der Waals surface area contributed by atoms with Crippen LogP contribution in [0.4, 0.5) is 8.78 Å². The van der Waals surface area contributed by atoms with Crippen molar-refractivity contribution in [1.82, 2.24) is 9.78 Å². The molecular formula is C7H8F2N2O2. The van der Waals surface area contributed by atoms with E-state index < -0.39 is 18.8 Å². The van der Waals surface area contributed by atoms with Crippen LogP contribution in [-0.2, 0) is 6.54 Å². The summed E-state index contributed by atoms with van der Waals surface area (Å²) in [6, 6.07) is 0. The van der Waals surface area contributed by atoms with Gasteiger partial charge in [-0.15, -0.1) is 0 Å². The van der Waals surface area contributed by atoms with Gasteiger partial charge in [0, 0.05) is 6.92 Å². The number of aromatic hydroxyl groups is 1. The zero-order chi connectivity index (χ0) is 10.0. The minimum atomic E-state index is -2.56. The van der Waals surface area contributed by atoms with Gasteiger partial charge in [-0.2, -0.15) is 5.10 Å². The Balaban J connectivity index is 2.89. The second-order valence-electron chi connectivity index (χ2n) is 2.53. The van der Waals surface area contributed by atoms with Crippen LogP contribution in [0.5, 0.6) is 5.75 Å². The van der Waals surface area contributed by atoms with E-state index in [0.717, 1.165) is 10.9 Å². The highest BCUT2D eigenvalue weighted by atomic mass is 19.3. The lowest BCUT2D eigenvalue weighted by Crippen LogP contribution is -2.07. The van der Waals surface area contributed by atoms with Crippen molar-refractivity contribution in [2.75, 3.05) is 0 Å². The summed E-state index contributed by atoms with van der Waals surface area (Å²) in [5, 5.41) is 12.6. The highest BCUT2D eigenvalue weighted by molar-refractivity contribution is 5.94. The quantitative estimate of drug-likeness (QED) is 0.725. The molecule has 0 aliphatic rings. The van der Waals surface area contributed by atoms with Crippen molar-refractivity contribution in [3.8, 4) is 5.75 Å². The number of carbonyl (C=O) groups excluding carboxylic acids is 1. The predicted octanol–water partition coefficient (Wildman–Crippen LogP) is 1.06. The minimum absolute atomic E-state index is 0.180. The van der Waals surface area contributed by atoms with Crippen LogP contribution in [0.2, 0.25) is 0 Å². The van der Waals surface area contributed by atoms with Crippen LogP contribution in [0.1, 0.15) is 17.4 Å². The molecular weight excluding hydrogens is 182 g/mol. The SMILES string of the molecule is CC(=O)c1nn(CC(F)F)cc1O. The number of hydrogen-bond donors (Lipinski definition) is 1. The van der Waals surface area contributed by atoms with Crippen molar-refractivity contribution < 1.29 is 18.7 Å². The molecule has 1 heterocycles. The zero-order valence-electron chi connectivity index (χ0n) is 6.87. The lowest BCUT2D eigenvalue weighted by Gasteiger charge is -1.97. The van der Waals surface area contributed by atoms with Crippen LogP contribution >= 0.6 is 0 Å². The summed E-state index contributed by atoms with van der Waals surface area (Å²) in [6.07, 6.45) is -1.55. The smallest absolute Gasteiger partial charge is 0.257 e. The Morgan fingerprint density at radius 3 is 2.77 bits per heavy atom. The van der Waals surface area contributed by atoms with E-state index in [1.54, 1.807) is 0 Å². The molecule has 0 saturated carbocycles. The van der Waals surface area contributed by atoms with Crippen LogP contribution in [0, 0.1) is 0 Å². The van der Waals surface area contributed by atoms with Gasteiger partial charge in [0.05, 0.1) is 6.20 Å². The van der Waals surface area contributed by atoms with Gasteiger partial charge >= 0.3 is 0 Å². The molecule has 0 aliphatic heterocycles. The maximum Gasteiger partial charge on any atom is 0.257 e. The molecule has 4 nitrogen and oxygen atoms in total. The summed E-state index contributed by atoms with van der Waals surface area (Å²) in [5.74, 6) is -0.821. The number of hydrogen-bond acceptors (Lipinski definition) is 3.